The van der Waals surface area contributed by atoms with Crippen LogP contribution >= 0.6 is 11.6 Å². The summed E-state index contributed by atoms with van der Waals surface area (Å²) < 4.78 is 38.8. The smallest absolute Gasteiger partial charge is 0.318 e. The molecule has 112 valence electrons. The van der Waals surface area contributed by atoms with E-state index in [0.29, 0.717) is 0 Å². The molecule has 0 saturated carbocycles. The summed E-state index contributed by atoms with van der Waals surface area (Å²) in [4.78, 5) is 10.6. The van der Waals surface area contributed by atoms with Gasteiger partial charge in [0.15, 0.2) is 0 Å². The number of rotatable bonds is 4. The Morgan fingerprint density at radius 2 is 1.95 bits per heavy atom. The fraction of sp³-hybridized carbons (Fsp3) is 0.417. The molecule has 0 unspecified atom stereocenters. The number of carboxylic acids is 1. The monoisotopic (exact) mass is 323 g/mol. The molecule has 0 spiro atoms. The molecule has 0 aromatic heterocycles. The minimum absolute atomic E-state index is 0.287. The number of carboxylic acid groups (broad SMARTS) is 1. The first-order chi connectivity index (χ1) is 8.96. The maximum atomic E-state index is 13.0. The Kier molecular flexibility index (Phi) is 4.78. The highest BCUT2D eigenvalue weighted by Crippen LogP contribution is 2.29. The van der Waals surface area contributed by atoms with E-state index in [2.05, 4.69) is 0 Å². The Labute approximate surface area is 122 Å². The van der Waals surface area contributed by atoms with E-state index < -0.39 is 33.9 Å². The highest BCUT2D eigenvalue weighted by Gasteiger charge is 2.36. The predicted octanol–water partition coefficient (Wildman–Crippen LogP) is 2.35. The van der Waals surface area contributed by atoms with Crippen LogP contribution in [0.4, 0.5) is 4.39 Å². The third-order valence-electron chi connectivity index (χ3n) is 2.49. The van der Waals surface area contributed by atoms with Crippen LogP contribution in [0.1, 0.15) is 20.8 Å². The van der Waals surface area contributed by atoms with Crippen LogP contribution in [0, 0.1) is 5.82 Å². The molecule has 8 heteroatoms. The lowest BCUT2D eigenvalue weighted by Crippen LogP contribution is -2.48. The minimum atomic E-state index is -4.15. The van der Waals surface area contributed by atoms with Gasteiger partial charge in [0.25, 0.3) is 0 Å². The Balaban J connectivity index is 3.40. The van der Waals surface area contributed by atoms with Crippen molar-refractivity contribution in [3.8, 4) is 0 Å². The van der Waals surface area contributed by atoms with Crippen molar-refractivity contribution in [2.45, 2.75) is 31.2 Å². The third-order valence-corrected chi connectivity index (χ3v) is 5.08. The summed E-state index contributed by atoms with van der Waals surface area (Å²) >= 11 is 5.75. The SMILES string of the molecule is CC(C)(C)N(CC(=O)O)S(=O)(=O)c1ccc(F)cc1Cl. The second-order valence-corrected chi connectivity index (χ2v) is 7.39. The van der Waals surface area contributed by atoms with Gasteiger partial charge in [-0.05, 0) is 39.0 Å². The maximum absolute atomic E-state index is 13.0. The largest absolute Gasteiger partial charge is 0.480 e. The average Bonchev–Trinajstić information content (AvgIpc) is 2.23. The summed E-state index contributed by atoms with van der Waals surface area (Å²) in [5.41, 5.74) is -0.963. The number of halogens is 2. The van der Waals surface area contributed by atoms with Gasteiger partial charge in [-0.15, -0.1) is 0 Å². The van der Waals surface area contributed by atoms with Crippen LogP contribution in [0.25, 0.3) is 0 Å². The second kappa shape index (κ2) is 5.67. The van der Waals surface area contributed by atoms with Crippen molar-refractivity contribution < 1.29 is 22.7 Å². The molecule has 1 rings (SSSR count). The van der Waals surface area contributed by atoms with E-state index in [0.717, 1.165) is 22.5 Å². The number of hydrogen-bond donors (Lipinski definition) is 1. The van der Waals surface area contributed by atoms with E-state index in [1.165, 1.54) is 0 Å². The maximum Gasteiger partial charge on any atom is 0.318 e. The fourth-order valence-electron chi connectivity index (χ4n) is 1.61. The average molecular weight is 324 g/mol. The minimum Gasteiger partial charge on any atom is -0.480 e. The summed E-state index contributed by atoms with van der Waals surface area (Å²) in [6, 6.07) is 2.85. The van der Waals surface area contributed by atoms with Crippen LogP contribution in [0.2, 0.25) is 5.02 Å². The molecule has 0 atom stereocenters. The molecule has 0 heterocycles. The molecular formula is C12H15ClFNO4S. The number of hydrogen-bond acceptors (Lipinski definition) is 3. The van der Waals surface area contributed by atoms with Gasteiger partial charge in [0, 0.05) is 5.54 Å². The zero-order chi connectivity index (χ0) is 15.7. The van der Waals surface area contributed by atoms with Gasteiger partial charge >= 0.3 is 5.97 Å². The topological polar surface area (TPSA) is 74.7 Å². The molecule has 20 heavy (non-hydrogen) atoms. The standard InChI is InChI=1S/C12H15ClFNO4S/c1-12(2,3)15(7-11(16)17)20(18,19)10-5-4-8(14)6-9(10)13/h4-6H,7H2,1-3H3,(H,16,17). The lowest BCUT2D eigenvalue weighted by molar-refractivity contribution is -0.138. The molecule has 0 fully saturated rings. The van der Waals surface area contributed by atoms with Gasteiger partial charge in [-0.2, -0.15) is 4.31 Å². The van der Waals surface area contributed by atoms with E-state index in [1.807, 2.05) is 0 Å². The first-order valence-corrected chi connectivity index (χ1v) is 7.48. The summed E-state index contributed by atoms with van der Waals surface area (Å²) in [6.07, 6.45) is 0. The van der Waals surface area contributed by atoms with Gasteiger partial charge in [-0.1, -0.05) is 11.6 Å². The van der Waals surface area contributed by atoms with Crippen LogP contribution in [0.3, 0.4) is 0 Å². The quantitative estimate of drug-likeness (QED) is 0.923. The summed E-state index contributed by atoms with van der Waals surface area (Å²) in [6.45, 7) is 3.97. The molecule has 0 radical (unpaired) electrons. The number of aliphatic carboxylic acids is 1. The summed E-state index contributed by atoms with van der Waals surface area (Å²) in [5.74, 6) is -1.96. The molecule has 0 amide bonds. The van der Waals surface area contributed by atoms with E-state index in [1.54, 1.807) is 20.8 Å². The van der Waals surface area contributed by atoms with Crippen molar-refractivity contribution in [3.63, 3.8) is 0 Å². The molecule has 0 aliphatic heterocycles. The van der Waals surface area contributed by atoms with Crippen molar-refractivity contribution in [2.24, 2.45) is 0 Å². The van der Waals surface area contributed by atoms with Crippen molar-refractivity contribution in [1.82, 2.24) is 4.31 Å². The Bertz CT molecular complexity index is 625. The van der Waals surface area contributed by atoms with E-state index in [9.17, 15) is 17.6 Å². The Morgan fingerprint density at radius 1 is 1.40 bits per heavy atom. The molecule has 5 nitrogen and oxygen atoms in total. The number of carbonyl (C=O) groups is 1. The van der Waals surface area contributed by atoms with Crippen LogP contribution in [0.15, 0.2) is 23.1 Å². The van der Waals surface area contributed by atoms with Crippen LogP contribution in [-0.4, -0.2) is 35.9 Å². The molecule has 1 aromatic carbocycles. The van der Waals surface area contributed by atoms with Crippen LogP contribution in [0.5, 0.6) is 0 Å². The predicted molar refractivity (Wildman–Crippen MR) is 72.7 cm³/mol. The van der Waals surface area contributed by atoms with Gasteiger partial charge in [-0.25, -0.2) is 12.8 Å². The highest BCUT2D eigenvalue weighted by atomic mass is 35.5. The molecule has 0 saturated heterocycles. The molecule has 1 N–H and O–H groups in total. The molecule has 0 bridgehead atoms. The number of benzene rings is 1. The number of nitrogens with zero attached hydrogens (tertiary/aromatic N) is 1. The van der Waals surface area contributed by atoms with Gasteiger partial charge < -0.3 is 5.11 Å². The van der Waals surface area contributed by atoms with Gasteiger partial charge in [0.2, 0.25) is 10.0 Å². The molecular weight excluding hydrogens is 309 g/mol. The Morgan fingerprint density at radius 3 is 2.35 bits per heavy atom. The zero-order valence-electron chi connectivity index (χ0n) is 11.2. The fourth-order valence-corrected chi connectivity index (χ4v) is 3.85. The van der Waals surface area contributed by atoms with Gasteiger partial charge in [0.1, 0.15) is 17.3 Å². The summed E-state index contributed by atoms with van der Waals surface area (Å²) in [5, 5.41) is 8.58. The number of sulfonamides is 1. The molecule has 0 aliphatic carbocycles. The normalized spacial score (nSPS) is 12.7. The first kappa shape index (κ1) is 16.9. The lowest BCUT2D eigenvalue weighted by atomic mass is 10.1. The molecule has 1 aromatic rings. The van der Waals surface area contributed by atoms with Crippen molar-refractivity contribution in [1.29, 1.82) is 0 Å². The van der Waals surface area contributed by atoms with Crippen molar-refractivity contribution in [2.75, 3.05) is 6.54 Å². The van der Waals surface area contributed by atoms with E-state index >= 15 is 0 Å². The van der Waals surface area contributed by atoms with Gasteiger partial charge in [-0.3, -0.25) is 4.79 Å². The second-order valence-electron chi connectivity index (χ2n) is 5.15. The van der Waals surface area contributed by atoms with Gasteiger partial charge in [0.05, 0.1) is 5.02 Å². The summed E-state index contributed by atoms with van der Waals surface area (Å²) in [7, 11) is -4.15. The highest BCUT2D eigenvalue weighted by molar-refractivity contribution is 7.89. The molecule has 0 aliphatic rings. The van der Waals surface area contributed by atoms with Crippen molar-refractivity contribution >= 4 is 27.6 Å². The van der Waals surface area contributed by atoms with Crippen LogP contribution < -0.4 is 0 Å². The Hall–Kier alpha value is -1.18. The lowest BCUT2D eigenvalue weighted by Gasteiger charge is -2.33. The third kappa shape index (κ3) is 3.68. The van der Waals surface area contributed by atoms with Crippen molar-refractivity contribution in [3.05, 3.63) is 29.0 Å². The van der Waals surface area contributed by atoms with E-state index in [-0.39, 0.29) is 9.92 Å². The first-order valence-electron chi connectivity index (χ1n) is 5.66. The van der Waals surface area contributed by atoms with Crippen LogP contribution in [-0.2, 0) is 14.8 Å². The zero-order valence-corrected chi connectivity index (χ0v) is 12.8. The van der Waals surface area contributed by atoms with E-state index in [4.69, 9.17) is 16.7 Å².